The molecule has 1 aliphatic rings. The standard InChI is InChI=1S/C21H25FN2O4S/c1-28-20-7-3-2-5-16(20)12-13-23-21(25)17-6-4-14-24(15-17)29(26,27)19-10-8-18(22)9-11-19/h2-3,5,7-11,17H,4,6,12-15H2,1H3,(H,23,25). The molecule has 0 aromatic heterocycles. The number of methoxy groups -OCH3 is 1. The molecule has 1 atom stereocenters. The van der Waals surface area contributed by atoms with E-state index in [1.54, 1.807) is 7.11 Å². The Labute approximate surface area is 170 Å². The smallest absolute Gasteiger partial charge is 0.243 e. The molecular formula is C21H25FN2O4S. The monoisotopic (exact) mass is 420 g/mol. The van der Waals surface area contributed by atoms with E-state index in [2.05, 4.69) is 5.32 Å². The van der Waals surface area contributed by atoms with Crippen LogP contribution >= 0.6 is 0 Å². The molecule has 1 unspecified atom stereocenters. The molecule has 0 spiro atoms. The number of piperidine rings is 1. The number of benzene rings is 2. The normalized spacial score (nSPS) is 17.7. The van der Waals surface area contributed by atoms with E-state index in [0.717, 1.165) is 23.4 Å². The highest BCUT2D eigenvalue weighted by Crippen LogP contribution is 2.24. The first-order valence-electron chi connectivity index (χ1n) is 9.57. The minimum atomic E-state index is -3.75. The van der Waals surface area contributed by atoms with Crippen molar-refractivity contribution in [3.8, 4) is 5.75 Å². The van der Waals surface area contributed by atoms with Gasteiger partial charge in [-0.25, -0.2) is 12.8 Å². The minimum Gasteiger partial charge on any atom is -0.496 e. The SMILES string of the molecule is COc1ccccc1CCNC(=O)C1CCCN(S(=O)(=O)c2ccc(F)cc2)C1. The number of para-hydroxylation sites is 1. The van der Waals surface area contributed by atoms with Crippen molar-refractivity contribution in [3.05, 3.63) is 59.9 Å². The predicted molar refractivity (Wildman–Crippen MR) is 108 cm³/mol. The van der Waals surface area contributed by atoms with Crippen LogP contribution in [0, 0.1) is 11.7 Å². The quantitative estimate of drug-likeness (QED) is 0.747. The number of hydrogen-bond donors (Lipinski definition) is 1. The average Bonchev–Trinajstić information content (AvgIpc) is 2.74. The van der Waals surface area contributed by atoms with Crippen LogP contribution in [0.2, 0.25) is 0 Å². The summed E-state index contributed by atoms with van der Waals surface area (Å²) in [6, 6.07) is 12.4. The average molecular weight is 421 g/mol. The third kappa shape index (κ3) is 5.13. The summed E-state index contributed by atoms with van der Waals surface area (Å²) in [4.78, 5) is 12.6. The summed E-state index contributed by atoms with van der Waals surface area (Å²) < 4.78 is 45.3. The molecule has 0 radical (unpaired) electrons. The van der Waals surface area contributed by atoms with Crippen molar-refractivity contribution >= 4 is 15.9 Å². The number of carbonyl (C=O) groups is 1. The highest BCUT2D eigenvalue weighted by Gasteiger charge is 2.33. The van der Waals surface area contributed by atoms with Crippen molar-refractivity contribution < 1.29 is 22.3 Å². The summed E-state index contributed by atoms with van der Waals surface area (Å²) in [6.07, 6.45) is 1.86. The van der Waals surface area contributed by atoms with E-state index in [0.29, 0.717) is 32.4 Å². The summed E-state index contributed by atoms with van der Waals surface area (Å²) in [5.74, 6) is -0.276. The number of amides is 1. The second-order valence-corrected chi connectivity index (χ2v) is 8.95. The molecule has 1 amide bonds. The van der Waals surface area contributed by atoms with E-state index in [-0.39, 0.29) is 17.3 Å². The van der Waals surface area contributed by atoms with E-state index in [1.807, 2.05) is 24.3 Å². The lowest BCUT2D eigenvalue weighted by molar-refractivity contribution is -0.126. The van der Waals surface area contributed by atoms with Crippen molar-refractivity contribution in [2.24, 2.45) is 5.92 Å². The molecule has 1 N–H and O–H groups in total. The Hall–Kier alpha value is -2.45. The molecule has 1 heterocycles. The van der Waals surface area contributed by atoms with E-state index < -0.39 is 21.8 Å². The van der Waals surface area contributed by atoms with Gasteiger partial charge in [-0.3, -0.25) is 4.79 Å². The molecule has 2 aromatic carbocycles. The van der Waals surface area contributed by atoms with Gasteiger partial charge >= 0.3 is 0 Å². The van der Waals surface area contributed by atoms with E-state index >= 15 is 0 Å². The zero-order chi connectivity index (χ0) is 20.9. The number of ether oxygens (including phenoxy) is 1. The van der Waals surface area contributed by atoms with Crippen molar-refractivity contribution in [3.63, 3.8) is 0 Å². The van der Waals surface area contributed by atoms with Gasteiger partial charge in [0.1, 0.15) is 11.6 Å². The molecule has 0 saturated carbocycles. The van der Waals surface area contributed by atoms with Crippen LogP contribution in [0.5, 0.6) is 5.75 Å². The molecule has 0 bridgehead atoms. The van der Waals surface area contributed by atoms with Gasteiger partial charge in [-0.05, 0) is 55.2 Å². The number of carbonyl (C=O) groups excluding carboxylic acids is 1. The molecule has 29 heavy (non-hydrogen) atoms. The Bertz CT molecular complexity index is 947. The van der Waals surface area contributed by atoms with Crippen LogP contribution in [0.4, 0.5) is 4.39 Å². The number of hydrogen-bond acceptors (Lipinski definition) is 4. The van der Waals surface area contributed by atoms with Crippen molar-refractivity contribution in [1.29, 1.82) is 0 Å². The number of halogens is 1. The maximum Gasteiger partial charge on any atom is 0.243 e. The lowest BCUT2D eigenvalue weighted by Gasteiger charge is -2.31. The van der Waals surface area contributed by atoms with Crippen LogP contribution in [0.15, 0.2) is 53.4 Å². The predicted octanol–water partition coefficient (Wildman–Crippen LogP) is 2.59. The largest absolute Gasteiger partial charge is 0.496 e. The van der Waals surface area contributed by atoms with E-state index in [9.17, 15) is 17.6 Å². The Morgan fingerprint density at radius 1 is 1.21 bits per heavy atom. The van der Waals surface area contributed by atoms with Gasteiger partial charge in [0.2, 0.25) is 15.9 Å². The maximum atomic E-state index is 13.1. The van der Waals surface area contributed by atoms with Gasteiger partial charge in [-0.1, -0.05) is 18.2 Å². The van der Waals surface area contributed by atoms with Gasteiger partial charge in [0.15, 0.2) is 0 Å². The topological polar surface area (TPSA) is 75.7 Å². The van der Waals surface area contributed by atoms with Gasteiger partial charge < -0.3 is 10.1 Å². The van der Waals surface area contributed by atoms with Crippen LogP contribution in [0.1, 0.15) is 18.4 Å². The molecule has 0 aliphatic carbocycles. The summed E-state index contributed by atoms with van der Waals surface area (Å²) in [5.41, 5.74) is 0.999. The van der Waals surface area contributed by atoms with Crippen LogP contribution in [0.3, 0.4) is 0 Å². The van der Waals surface area contributed by atoms with Crippen molar-refractivity contribution in [1.82, 2.24) is 9.62 Å². The van der Waals surface area contributed by atoms with Gasteiger partial charge in [0.25, 0.3) is 0 Å². The lowest BCUT2D eigenvalue weighted by atomic mass is 9.98. The zero-order valence-corrected chi connectivity index (χ0v) is 17.1. The summed E-state index contributed by atoms with van der Waals surface area (Å²) in [6.45, 7) is 0.922. The number of nitrogens with one attached hydrogen (secondary N) is 1. The summed E-state index contributed by atoms with van der Waals surface area (Å²) in [7, 11) is -2.14. The second kappa shape index (κ2) is 9.37. The van der Waals surface area contributed by atoms with Crippen LogP contribution in [0.25, 0.3) is 0 Å². The molecule has 156 valence electrons. The molecule has 1 aliphatic heterocycles. The Kier molecular flexibility index (Phi) is 6.87. The lowest BCUT2D eigenvalue weighted by Crippen LogP contribution is -2.45. The molecule has 8 heteroatoms. The van der Waals surface area contributed by atoms with Crippen LogP contribution < -0.4 is 10.1 Å². The Balaban J connectivity index is 1.58. The van der Waals surface area contributed by atoms with E-state index in [1.165, 1.54) is 16.4 Å². The first-order chi connectivity index (χ1) is 13.9. The summed E-state index contributed by atoms with van der Waals surface area (Å²) >= 11 is 0. The van der Waals surface area contributed by atoms with Crippen LogP contribution in [-0.4, -0.2) is 45.4 Å². The highest BCUT2D eigenvalue weighted by molar-refractivity contribution is 7.89. The number of nitrogens with zero attached hydrogens (tertiary/aromatic N) is 1. The van der Waals surface area contributed by atoms with Gasteiger partial charge in [0, 0.05) is 19.6 Å². The first-order valence-corrected chi connectivity index (χ1v) is 11.0. The maximum absolute atomic E-state index is 13.1. The van der Waals surface area contributed by atoms with E-state index in [4.69, 9.17) is 4.74 Å². The number of sulfonamides is 1. The fourth-order valence-electron chi connectivity index (χ4n) is 3.50. The highest BCUT2D eigenvalue weighted by atomic mass is 32.2. The molecule has 2 aromatic rings. The second-order valence-electron chi connectivity index (χ2n) is 7.01. The zero-order valence-electron chi connectivity index (χ0n) is 16.3. The fourth-order valence-corrected chi connectivity index (χ4v) is 5.03. The minimum absolute atomic E-state index is 0.0381. The summed E-state index contributed by atoms with van der Waals surface area (Å²) in [5, 5.41) is 2.91. The molecule has 1 saturated heterocycles. The molecular weight excluding hydrogens is 395 g/mol. The molecule has 1 fully saturated rings. The third-order valence-corrected chi connectivity index (χ3v) is 6.97. The van der Waals surface area contributed by atoms with Gasteiger partial charge in [-0.15, -0.1) is 0 Å². The van der Waals surface area contributed by atoms with Crippen molar-refractivity contribution in [2.75, 3.05) is 26.7 Å². The third-order valence-electron chi connectivity index (χ3n) is 5.09. The number of rotatable bonds is 7. The van der Waals surface area contributed by atoms with Crippen molar-refractivity contribution in [2.45, 2.75) is 24.2 Å². The Morgan fingerprint density at radius 3 is 2.66 bits per heavy atom. The van der Waals surface area contributed by atoms with Crippen LogP contribution in [-0.2, 0) is 21.2 Å². The Morgan fingerprint density at radius 2 is 1.93 bits per heavy atom. The first kappa shape index (κ1) is 21.3. The fraction of sp³-hybridized carbons (Fsp3) is 0.381. The van der Waals surface area contributed by atoms with Gasteiger partial charge in [-0.2, -0.15) is 4.31 Å². The van der Waals surface area contributed by atoms with Gasteiger partial charge in [0.05, 0.1) is 17.9 Å². The molecule has 3 rings (SSSR count). The molecule has 6 nitrogen and oxygen atoms in total.